The molecule has 0 fully saturated rings. The first-order valence-electron chi connectivity index (χ1n) is 4.32. The van der Waals surface area contributed by atoms with Gasteiger partial charge in [0.25, 0.3) is 0 Å². The molecule has 0 bridgehead atoms. The summed E-state index contributed by atoms with van der Waals surface area (Å²) in [5, 5.41) is 4.86. The van der Waals surface area contributed by atoms with E-state index in [0.29, 0.717) is 0 Å². The van der Waals surface area contributed by atoms with Gasteiger partial charge in [0, 0.05) is 18.1 Å². The van der Waals surface area contributed by atoms with Crippen LogP contribution in [0.25, 0.3) is 0 Å². The predicted octanol–water partition coefficient (Wildman–Crippen LogP) is 0.665. The fraction of sp³-hybridized carbons (Fsp3) is 0.714. The molecule has 0 aliphatic heterocycles. The second-order valence-corrected chi connectivity index (χ2v) is 3.41. The number of anilines is 1. The Morgan fingerprint density at radius 3 is 2.69 bits per heavy atom. The van der Waals surface area contributed by atoms with Gasteiger partial charge in [-0.2, -0.15) is 0 Å². The van der Waals surface area contributed by atoms with Gasteiger partial charge in [0.05, 0.1) is 0 Å². The number of hydrazine groups is 1. The third kappa shape index (κ3) is 2.61. The van der Waals surface area contributed by atoms with Gasteiger partial charge in [-0.15, -0.1) is 5.10 Å². The van der Waals surface area contributed by atoms with Crippen LogP contribution in [0.3, 0.4) is 0 Å². The Balaban J connectivity index is 2.61. The van der Waals surface area contributed by atoms with Crippen LogP contribution >= 0.6 is 11.5 Å². The van der Waals surface area contributed by atoms with E-state index in [4.69, 9.17) is 5.84 Å². The fourth-order valence-electron chi connectivity index (χ4n) is 1.08. The molecular weight excluding hydrogens is 186 g/mol. The van der Waals surface area contributed by atoms with Crippen LogP contribution in [0.5, 0.6) is 0 Å². The van der Waals surface area contributed by atoms with Gasteiger partial charge in [-0.3, -0.25) is 4.90 Å². The van der Waals surface area contributed by atoms with E-state index < -0.39 is 0 Å². The van der Waals surface area contributed by atoms with Gasteiger partial charge < -0.3 is 5.43 Å². The first-order chi connectivity index (χ1) is 6.31. The lowest BCUT2D eigenvalue weighted by Gasteiger charge is -2.16. The highest BCUT2D eigenvalue weighted by atomic mass is 32.1. The fourth-order valence-corrected chi connectivity index (χ4v) is 1.57. The van der Waals surface area contributed by atoms with Gasteiger partial charge in [-0.05, 0) is 13.1 Å². The second-order valence-electron chi connectivity index (χ2n) is 2.65. The van der Waals surface area contributed by atoms with Crippen LogP contribution < -0.4 is 11.3 Å². The van der Waals surface area contributed by atoms with Crippen LogP contribution in [0.15, 0.2) is 0 Å². The number of hydrogen-bond donors (Lipinski definition) is 2. The van der Waals surface area contributed by atoms with E-state index in [1.165, 1.54) is 11.5 Å². The van der Waals surface area contributed by atoms with Gasteiger partial charge in [0.15, 0.2) is 0 Å². The maximum absolute atomic E-state index is 5.32. The van der Waals surface area contributed by atoms with Gasteiger partial charge in [0.1, 0.15) is 10.7 Å². The molecule has 13 heavy (non-hydrogen) atoms. The third-order valence-corrected chi connectivity index (χ3v) is 2.65. The van der Waals surface area contributed by atoms with E-state index in [0.717, 1.165) is 30.3 Å². The number of nitrogens with two attached hydrogens (primary N) is 1. The highest BCUT2D eigenvalue weighted by molar-refractivity contribution is 7.10. The quantitative estimate of drug-likeness (QED) is 0.541. The van der Waals surface area contributed by atoms with E-state index in [2.05, 4.69) is 33.8 Å². The molecule has 0 spiro atoms. The molecule has 3 N–H and O–H groups in total. The molecule has 1 heterocycles. The minimum Gasteiger partial charge on any atom is -0.313 e. The van der Waals surface area contributed by atoms with Gasteiger partial charge >= 0.3 is 0 Å². The van der Waals surface area contributed by atoms with Gasteiger partial charge in [-0.25, -0.2) is 5.84 Å². The van der Waals surface area contributed by atoms with Crippen molar-refractivity contribution in [3.63, 3.8) is 0 Å². The molecule has 0 aromatic carbocycles. The first-order valence-corrected chi connectivity index (χ1v) is 5.09. The van der Waals surface area contributed by atoms with Crippen molar-refractivity contribution in [3.8, 4) is 0 Å². The van der Waals surface area contributed by atoms with Crippen molar-refractivity contribution < 1.29 is 0 Å². The predicted molar refractivity (Wildman–Crippen MR) is 54.3 cm³/mol. The SMILES string of the molecule is CCN(CC)Cc1nnsc1NN. The van der Waals surface area contributed by atoms with Crippen LogP contribution in [0.2, 0.25) is 0 Å². The summed E-state index contributed by atoms with van der Waals surface area (Å²) in [7, 11) is 0. The van der Waals surface area contributed by atoms with Crippen LogP contribution in [-0.2, 0) is 6.54 Å². The average Bonchev–Trinajstić information content (AvgIpc) is 2.61. The first kappa shape index (κ1) is 10.4. The lowest BCUT2D eigenvalue weighted by Crippen LogP contribution is -2.23. The number of hydrogen-bond acceptors (Lipinski definition) is 6. The second kappa shape index (κ2) is 5.11. The largest absolute Gasteiger partial charge is 0.313 e. The third-order valence-electron chi connectivity index (χ3n) is 1.95. The molecule has 0 saturated heterocycles. The summed E-state index contributed by atoms with van der Waals surface area (Å²) in [4.78, 5) is 2.26. The van der Waals surface area contributed by atoms with Crippen LogP contribution in [0, 0.1) is 0 Å². The molecule has 0 aliphatic rings. The maximum atomic E-state index is 5.32. The Hall–Kier alpha value is -0.720. The summed E-state index contributed by atoms with van der Waals surface area (Å²) in [6.07, 6.45) is 0. The zero-order valence-electron chi connectivity index (χ0n) is 7.95. The Kier molecular flexibility index (Phi) is 4.07. The van der Waals surface area contributed by atoms with Crippen molar-refractivity contribution in [3.05, 3.63) is 5.69 Å². The standard InChI is InChI=1S/C7H15N5S/c1-3-12(4-2)5-6-7(9-8)13-11-10-6/h9H,3-5,8H2,1-2H3. The molecule has 74 valence electrons. The minimum atomic E-state index is 0.809. The molecule has 0 aliphatic carbocycles. The van der Waals surface area contributed by atoms with Crippen molar-refractivity contribution in [2.45, 2.75) is 20.4 Å². The molecule has 5 nitrogen and oxygen atoms in total. The molecule has 6 heteroatoms. The highest BCUT2D eigenvalue weighted by Crippen LogP contribution is 2.17. The summed E-state index contributed by atoms with van der Waals surface area (Å²) in [6, 6.07) is 0. The molecule has 0 radical (unpaired) electrons. The zero-order chi connectivity index (χ0) is 9.68. The normalized spacial score (nSPS) is 10.8. The topological polar surface area (TPSA) is 67.1 Å². The molecule has 1 rings (SSSR count). The van der Waals surface area contributed by atoms with E-state index >= 15 is 0 Å². The molecule has 0 amide bonds. The van der Waals surface area contributed by atoms with Crippen molar-refractivity contribution in [2.24, 2.45) is 5.84 Å². The molecule has 0 saturated carbocycles. The summed E-state index contributed by atoms with van der Waals surface area (Å²) in [5.74, 6) is 5.32. The van der Waals surface area contributed by atoms with Crippen LogP contribution in [0.1, 0.15) is 19.5 Å². The zero-order valence-corrected chi connectivity index (χ0v) is 8.77. The van der Waals surface area contributed by atoms with Crippen molar-refractivity contribution in [2.75, 3.05) is 18.5 Å². The Morgan fingerprint density at radius 2 is 2.15 bits per heavy atom. The van der Waals surface area contributed by atoms with Crippen LogP contribution in [0.4, 0.5) is 5.00 Å². The molecule has 0 unspecified atom stereocenters. The summed E-state index contributed by atoms with van der Waals surface area (Å²) in [5.41, 5.74) is 3.52. The van der Waals surface area contributed by atoms with E-state index in [9.17, 15) is 0 Å². The number of nitrogens with one attached hydrogen (secondary N) is 1. The number of nitrogens with zero attached hydrogens (tertiary/aromatic N) is 3. The van der Waals surface area contributed by atoms with E-state index in [1.807, 2.05) is 0 Å². The van der Waals surface area contributed by atoms with Crippen molar-refractivity contribution in [1.82, 2.24) is 14.5 Å². The molecular formula is C7H15N5S. The smallest absolute Gasteiger partial charge is 0.148 e. The summed E-state index contributed by atoms with van der Waals surface area (Å²) in [6.45, 7) is 7.08. The Bertz CT molecular complexity index is 245. The van der Waals surface area contributed by atoms with Crippen LogP contribution in [-0.4, -0.2) is 27.6 Å². The minimum absolute atomic E-state index is 0.809. The van der Waals surface area contributed by atoms with E-state index in [-0.39, 0.29) is 0 Å². The highest BCUT2D eigenvalue weighted by Gasteiger charge is 2.09. The maximum Gasteiger partial charge on any atom is 0.148 e. The average molecular weight is 201 g/mol. The molecule has 1 aromatic rings. The van der Waals surface area contributed by atoms with Gasteiger partial charge in [0.2, 0.25) is 0 Å². The number of aromatic nitrogens is 2. The summed E-state index contributed by atoms with van der Waals surface area (Å²) < 4.78 is 3.84. The molecule has 1 aromatic heterocycles. The number of rotatable bonds is 5. The monoisotopic (exact) mass is 201 g/mol. The van der Waals surface area contributed by atoms with Crippen molar-refractivity contribution >= 4 is 16.5 Å². The van der Waals surface area contributed by atoms with E-state index in [1.54, 1.807) is 0 Å². The Morgan fingerprint density at radius 1 is 1.46 bits per heavy atom. The lowest BCUT2D eigenvalue weighted by atomic mass is 10.4. The Labute approximate surface area is 82.1 Å². The summed E-state index contributed by atoms with van der Waals surface area (Å²) >= 11 is 1.29. The lowest BCUT2D eigenvalue weighted by molar-refractivity contribution is 0.292. The number of nitrogen functional groups attached to an aromatic ring is 1. The van der Waals surface area contributed by atoms with Gasteiger partial charge in [-0.1, -0.05) is 18.3 Å². The molecule has 0 atom stereocenters. The van der Waals surface area contributed by atoms with Crippen molar-refractivity contribution in [1.29, 1.82) is 0 Å².